The highest BCUT2D eigenvalue weighted by molar-refractivity contribution is 6.01. The summed E-state index contributed by atoms with van der Waals surface area (Å²) in [5.74, 6) is 0.698. The maximum atomic E-state index is 11.9. The van der Waals surface area contributed by atoms with Crippen molar-refractivity contribution in [2.24, 2.45) is 0 Å². The number of benzene rings is 2. The highest BCUT2D eigenvalue weighted by atomic mass is 16.5. The van der Waals surface area contributed by atoms with Gasteiger partial charge in [0.2, 0.25) is 5.91 Å². The fourth-order valence-corrected chi connectivity index (χ4v) is 2.00. The molecule has 0 bridgehead atoms. The Labute approximate surface area is 125 Å². The van der Waals surface area contributed by atoms with E-state index in [0.717, 1.165) is 28.1 Å². The molecule has 0 unspecified atom stereocenters. The molecule has 0 saturated carbocycles. The normalized spacial score (nSPS) is 10.6. The summed E-state index contributed by atoms with van der Waals surface area (Å²) in [4.78, 5) is 11.9. The van der Waals surface area contributed by atoms with Crippen molar-refractivity contribution in [2.45, 2.75) is 13.8 Å². The van der Waals surface area contributed by atoms with Crippen molar-refractivity contribution in [3.63, 3.8) is 0 Å². The van der Waals surface area contributed by atoms with Gasteiger partial charge in [0.1, 0.15) is 5.75 Å². The van der Waals surface area contributed by atoms with E-state index >= 15 is 0 Å². The lowest BCUT2D eigenvalue weighted by molar-refractivity contribution is -0.111. The topological polar surface area (TPSA) is 38.3 Å². The van der Waals surface area contributed by atoms with Crippen LogP contribution in [0.15, 0.2) is 48.5 Å². The molecule has 0 atom stereocenters. The minimum Gasteiger partial charge on any atom is -0.496 e. The van der Waals surface area contributed by atoms with Crippen molar-refractivity contribution >= 4 is 17.7 Å². The summed E-state index contributed by atoms with van der Waals surface area (Å²) >= 11 is 0. The first-order valence-electron chi connectivity index (χ1n) is 6.79. The van der Waals surface area contributed by atoms with Gasteiger partial charge in [0.15, 0.2) is 0 Å². The molecule has 0 aliphatic rings. The van der Waals surface area contributed by atoms with Crippen LogP contribution in [0.3, 0.4) is 0 Å². The van der Waals surface area contributed by atoms with Gasteiger partial charge in [-0.05, 0) is 55.3 Å². The van der Waals surface area contributed by atoms with Crippen LogP contribution in [-0.4, -0.2) is 13.0 Å². The minimum atomic E-state index is -0.146. The molecule has 108 valence electrons. The second-order valence-electron chi connectivity index (χ2n) is 4.92. The molecule has 2 aromatic carbocycles. The van der Waals surface area contributed by atoms with Gasteiger partial charge in [-0.15, -0.1) is 0 Å². The Bertz CT molecular complexity index is 657. The van der Waals surface area contributed by atoms with Gasteiger partial charge in [-0.25, -0.2) is 0 Å². The van der Waals surface area contributed by atoms with Crippen molar-refractivity contribution in [1.29, 1.82) is 0 Å². The zero-order chi connectivity index (χ0) is 15.2. The molecule has 0 aliphatic carbocycles. The lowest BCUT2D eigenvalue weighted by Gasteiger charge is -2.05. The summed E-state index contributed by atoms with van der Waals surface area (Å²) in [6, 6.07) is 13.5. The number of carbonyl (C=O) groups excluding carboxylic acids is 1. The number of nitrogens with one attached hydrogen (secondary N) is 1. The summed E-state index contributed by atoms with van der Waals surface area (Å²) < 4.78 is 5.21. The monoisotopic (exact) mass is 281 g/mol. The Balaban J connectivity index is 2.01. The van der Waals surface area contributed by atoms with Gasteiger partial charge in [0.25, 0.3) is 0 Å². The Hall–Kier alpha value is -2.55. The Morgan fingerprint density at radius 2 is 1.81 bits per heavy atom. The fraction of sp³-hybridized carbons (Fsp3) is 0.167. The Morgan fingerprint density at radius 3 is 2.43 bits per heavy atom. The lowest BCUT2D eigenvalue weighted by Crippen LogP contribution is -2.07. The Morgan fingerprint density at radius 1 is 1.10 bits per heavy atom. The highest BCUT2D eigenvalue weighted by Crippen LogP contribution is 2.19. The van der Waals surface area contributed by atoms with Crippen LogP contribution in [0.25, 0.3) is 6.08 Å². The van der Waals surface area contributed by atoms with Gasteiger partial charge in [0.05, 0.1) is 7.11 Å². The van der Waals surface area contributed by atoms with E-state index in [4.69, 9.17) is 4.74 Å². The zero-order valence-electron chi connectivity index (χ0n) is 12.5. The highest BCUT2D eigenvalue weighted by Gasteiger charge is 2.00. The average molecular weight is 281 g/mol. The largest absolute Gasteiger partial charge is 0.496 e. The maximum absolute atomic E-state index is 11.9. The van der Waals surface area contributed by atoms with Gasteiger partial charge in [-0.1, -0.05) is 23.8 Å². The molecule has 3 nitrogen and oxygen atoms in total. The third kappa shape index (κ3) is 4.21. The van der Waals surface area contributed by atoms with Crippen LogP contribution in [0, 0.1) is 13.8 Å². The lowest BCUT2D eigenvalue weighted by atomic mass is 10.1. The van der Waals surface area contributed by atoms with E-state index in [1.807, 2.05) is 56.3 Å². The van der Waals surface area contributed by atoms with Crippen molar-refractivity contribution in [3.05, 3.63) is 65.2 Å². The van der Waals surface area contributed by atoms with Gasteiger partial charge >= 0.3 is 0 Å². The minimum absolute atomic E-state index is 0.146. The number of carbonyl (C=O) groups is 1. The number of aryl methyl sites for hydroxylation is 2. The summed E-state index contributed by atoms with van der Waals surface area (Å²) in [6.07, 6.45) is 3.32. The molecule has 0 saturated heterocycles. The van der Waals surface area contributed by atoms with Gasteiger partial charge in [-0.3, -0.25) is 4.79 Å². The number of hydrogen-bond acceptors (Lipinski definition) is 2. The van der Waals surface area contributed by atoms with Gasteiger partial charge in [0, 0.05) is 11.8 Å². The molecule has 0 fully saturated rings. The van der Waals surface area contributed by atoms with Crippen LogP contribution in [0.5, 0.6) is 5.75 Å². The van der Waals surface area contributed by atoms with E-state index in [9.17, 15) is 4.79 Å². The molecule has 0 aromatic heterocycles. The summed E-state index contributed by atoms with van der Waals surface area (Å²) in [6.45, 7) is 3.99. The van der Waals surface area contributed by atoms with Crippen LogP contribution in [0.4, 0.5) is 5.69 Å². The van der Waals surface area contributed by atoms with Crippen molar-refractivity contribution < 1.29 is 9.53 Å². The zero-order valence-corrected chi connectivity index (χ0v) is 12.5. The molecule has 0 spiro atoms. The van der Waals surface area contributed by atoms with Crippen LogP contribution in [-0.2, 0) is 4.79 Å². The number of amides is 1. The SMILES string of the molecule is COc1ccc(C=CC(=O)Nc2ccc(C)cc2)cc1C. The maximum Gasteiger partial charge on any atom is 0.248 e. The second kappa shape index (κ2) is 6.75. The summed E-state index contributed by atoms with van der Waals surface area (Å²) in [5.41, 5.74) is 3.96. The first-order chi connectivity index (χ1) is 10.1. The van der Waals surface area contributed by atoms with E-state index in [-0.39, 0.29) is 5.91 Å². The molecule has 0 radical (unpaired) electrons. The molecule has 21 heavy (non-hydrogen) atoms. The predicted molar refractivity (Wildman–Crippen MR) is 86.6 cm³/mol. The number of anilines is 1. The van der Waals surface area contributed by atoms with Crippen molar-refractivity contribution in [2.75, 3.05) is 12.4 Å². The van der Waals surface area contributed by atoms with E-state index in [0.29, 0.717) is 0 Å². The smallest absolute Gasteiger partial charge is 0.248 e. The van der Waals surface area contributed by atoms with Gasteiger partial charge in [-0.2, -0.15) is 0 Å². The molecular formula is C18H19NO2. The number of ether oxygens (including phenoxy) is 1. The molecule has 1 N–H and O–H groups in total. The third-order valence-corrected chi connectivity index (χ3v) is 3.17. The molecular weight excluding hydrogens is 262 g/mol. The van der Waals surface area contributed by atoms with E-state index in [2.05, 4.69) is 5.32 Å². The quantitative estimate of drug-likeness (QED) is 0.861. The van der Waals surface area contributed by atoms with Crippen LogP contribution >= 0.6 is 0 Å². The number of rotatable bonds is 4. The van der Waals surface area contributed by atoms with E-state index < -0.39 is 0 Å². The summed E-state index contributed by atoms with van der Waals surface area (Å²) in [7, 11) is 1.65. The van der Waals surface area contributed by atoms with E-state index in [1.54, 1.807) is 13.2 Å². The average Bonchev–Trinajstić information content (AvgIpc) is 2.48. The molecule has 2 rings (SSSR count). The van der Waals surface area contributed by atoms with Crippen molar-refractivity contribution in [3.8, 4) is 5.75 Å². The van der Waals surface area contributed by atoms with Crippen LogP contribution in [0.2, 0.25) is 0 Å². The predicted octanol–water partition coefficient (Wildman–Crippen LogP) is 3.96. The molecule has 0 heterocycles. The summed E-state index contributed by atoms with van der Waals surface area (Å²) in [5, 5.41) is 2.83. The number of hydrogen-bond donors (Lipinski definition) is 1. The molecule has 2 aromatic rings. The van der Waals surface area contributed by atoms with Gasteiger partial charge < -0.3 is 10.1 Å². The van der Waals surface area contributed by atoms with Crippen LogP contribution in [0.1, 0.15) is 16.7 Å². The molecule has 1 amide bonds. The van der Waals surface area contributed by atoms with Crippen molar-refractivity contribution in [1.82, 2.24) is 0 Å². The first-order valence-corrected chi connectivity index (χ1v) is 6.79. The number of methoxy groups -OCH3 is 1. The fourth-order valence-electron chi connectivity index (χ4n) is 2.00. The van der Waals surface area contributed by atoms with E-state index in [1.165, 1.54) is 6.08 Å². The molecule has 3 heteroatoms. The van der Waals surface area contributed by atoms with Crippen LogP contribution < -0.4 is 10.1 Å². The standard InChI is InChI=1S/C18H19NO2/c1-13-4-8-16(9-5-13)19-18(20)11-7-15-6-10-17(21-3)14(2)12-15/h4-12H,1-3H3,(H,19,20). The first kappa shape index (κ1) is 14.9. The Kier molecular flexibility index (Phi) is 4.77. The third-order valence-electron chi connectivity index (χ3n) is 3.17. The second-order valence-corrected chi connectivity index (χ2v) is 4.92. The molecule has 0 aliphatic heterocycles.